The lowest BCUT2D eigenvalue weighted by Gasteiger charge is -2.18. The van der Waals surface area contributed by atoms with Gasteiger partial charge in [-0.05, 0) is 27.9 Å². The van der Waals surface area contributed by atoms with Crippen molar-refractivity contribution in [1.29, 1.82) is 0 Å². The zero-order chi connectivity index (χ0) is 15.9. The molecule has 0 aliphatic heterocycles. The SMILES string of the molecule is Cc1nc2c(O)c(CN(C)C)c(C(=O)N(C)C)cn2c1C. The number of nitrogens with zero attached hydrogens (tertiary/aromatic N) is 4. The summed E-state index contributed by atoms with van der Waals surface area (Å²) in [6, 6.07) is 0. The molecule has 1 amide bonds. The Balaban J connectivity index is 2.79. The van der Waals surface area contributed by atoms with Gasteiger partial charge in [-0.2, -0.15) is 0 Å². The molecule has 2 aromatic heterocycles. The van der Waals surface area contributed by atoms with Crippen LogP contribution in [0.15, 0.2) is 6.20 Å². The maximum absolute atomic E-state index is 12.4. The third kappa shape index (κ3) is 2.58. The predicted octanol–water partition coefficient (Wildman–Crippen LogP) is 1.42. The molecule has 0 saturated carbocycles. The van der Waals surface area contributed by atoms with Crippen molar-refractivity contribution in [3.8, 4) is 5.75 Å². The van der Waals surface area contributed by atoms with Crippen LogP contribution in [0.5, 0.6) is 5.75 Å². The van der Waals surface area contributed by atoms with Crippen LogP contribution in [0, 0.1) is 13.8 Å². The molecule has 0 aliphatic carbocycles. The smallest absolute Gasteiger partial charge is 0.255 e. The van der Waals surface area contributed by atoms with Crippen LogP contribution >= 0.6 is 0 Å². The molecule has 0 aliphatic rings. The first-order valence-corrected chi connectivity index (χ1v) is 6.80. The summed E-state index contributed by atoms with van der Waals surface area (Å²) < 4.78 is 1.78. The molecular formula is C15H22N4O2. The number of pyridine rings is 1. The monoisotopic (exact) mass is 290 g/mol. The summed E-state index contributed by atoms with van der Waals surface area (Å²) in [4.78, 5) is 20.2. The van der Waals surface area contributed by atoms with Crippen LogP contribution < -0.4 is 0 Å². The van der Waals surface area contributed by atoms with Crippen molar-refractivity contribution in [2.24, 2.45) is 0 Å². The number of imidazole rings is 1. The maximum atomic E-state index is 12.4. The summed E-state index contributed by atoms with van der Waals surface area (Å²) in [5, 5.41) is 10.6. The Morgan fingerprint density at radius 3 is 2.43 bits per heavy atom. The zero-order valence-electron chi connectivity index (χ0n) is 13.4. The van der Waals surface area contributed by atoms with Crippen molar-refractivity contribution in [2.45, 2.75) is 20.4 Å². The van der Waals surface area contributed by atoms with Gasteiger partial charge in [-0.3, -0.25) is 4.79 Å². The highest BCUT2D eigenvalue weighted by Gasteiger charge is 2.22. The van der Waals surface area contributed by atoms with E-state index in [0.29, 0.717) is 23.3 Å². The fourth-order valence-corrected chi connectivity index (χ4v) is 2.32. The third-order valence-electron chi connectivity index (χ3n) is 3.58. The van der Waals surface area contributed by atoms with Gasteiger partial charge in [0.2, 0.25) is 0 Å². The normalized spacial score (nSPS) is 11.4. The van der Waals surface area contributed by atoms with Crippen LogP contribution in [0.25, 0.3) is 5.65 Å². The van der Waals surface area contributed by atoms with E-state index >= 15 is 0 Å². The first-order valence-electron chi connectivity index (χ1n) is 6.80. The maximum Gasteiger partial charge on any atom is 0.255 e. The van der Waals surface area contributed by atoms with E-state index in [9.17, 15) is 9.90 Å². The quantitative estimate of drug-likeness (QED) is 0.928. The Morgan fingerprint density at radius 1 is 1.29 bits per heavy atom. The highest BCUT2D eigenvalue weighted by atomic mass is 16.3. The van der Waals surface area contributed by atoms with Crippen LogP contribution in [0.1, 0.15) is 27.3 Å². The van der Waals surface area contributed by atoms with Gasteiger partial charge in [0, 0.05) is 38.1 Å². The summed E-state index contributed by atoms with van der Waals surface area (Å²) in [7, 11) is 7.20. The molecule has 2 aromatic rings. The molecule has 2 rings (SSSR count). The summed E-state index contributed by atoms with van der Waals surface area (Å²) in [6.07, 6.45) is 1.77. The number of aromatic hydroxyl groups is 1. The second kappa shape index (κ2) is 5.37. The molecular weight excluding hydrogens is 268 g/mol. The fourth-order valence-electron chi connectivity index (χ4n) is 2.32. The molecule has 6 heteroatoms. The summed E-state index contributed by atoms with van der Waals surface area (Å²) in [5.41, 5.74) is 3.37. The third-order valence-corrected chi connectivity index (χ3v) is 3.58. The molecule has 21 heavy (non-hydrogen) atoms. The topological polar surface area (TPSA) is 61.1 Å². The molecule has 0 unspecified atom stereocenters. The van der Waals surface area contributed by atoms with Crippen LogP contribution in [0.3, 0.4) is 0 Å². The predicted molar refractivity (Wildman–Crippen MR) is 81.7 cm³/mol. The van der Waals surface area contributed by atoms with Crippen molar-refractivity contribution in [2.75, 3.05) is 28.2 Å². The van der Waals surface area contributed by atoms with Gasteiger partial charge in [0.15, 0.2) is 11.4 Å². The van der Waals surface area contributed by atoms with E-state index in [1.165, 1.54) is 4.90 Å². The van der Waals surface area contributed by atoms with Crippen molar-refractivity contribution in [1.82, 2.24) is 19.2 Å². The number of hydrogen-bond donors (Lipinski definition) is 1. The molecule has 6 nitrogen and oxygen atoms in total. The van der Waals surface area contributed by atoms with Gasteiger partial charge in [0.25, 0.3) is 5.91 Å². The van der Waals surface area contributed by atoms with E-state index in [-0.39, 0.29) is 11.7 Å². The van der Waals surface area contributed by atoms with Crippen LogP contribution in [-0.2, 0) is 6.54 Å². The lowest BCUT2D eigenvalue weighted by molar-refractivity contribution is 0.0824. The average Bonchev–Trinajstić information content (AvgIpc) is 2.68. The molecule has 2 heterocycles. The van der Waals surface area contributed by atoms with E-state index in [1.807, 2.05) is 32.8 Å². The fraction of sp³-hybridized carbons (Fsp3) is 0.467. The minimum atomic E-state index is -0.130. The number of carbonyl (C=O) groups is 1. The van der Waals surface area contributed by atoms with Crippen LogP contribution in [0.4, 0.5) is 0 Å². The molecule has 114 valence electrons. The first kappa shape index (κ1) is 15.3. The van der Waals surface area contributed by atoms with Gasteiger partial charge in [-0.25, -0.2) is 4.98 Å². The Morgan fingerprint density at radius 2 is 1.90 bits per heavy atom. The Labute approximate surface area is 124 Å². The molecule has 0 spiro atoms. The van der Waals surface area contributed by atoms with Crippen molar-refractivity contribution in [3.05, 3.63) is 28.7 Å². The van der Waals surface area contributed by atoms with Gasteiger partial charge in [-0.15, -0.1) is 0 Å². The lowest BCUT2D eigenvalue weighted by Crippen LogP contribution is -2.25. The minimum Gasteiger partial charge on any atom is -0.504 e. The van der Waals surface area contributed by atoms with Crippen LogP contribution in [-0.4, -0.2) is 58.4 Å². The van der Waals surface area contributed by atoms with Gasteiger partial charge >= 0.3 is 0 Å². The Kier molecular flexibility index (Phi) is 3.91. The van der Waals surface area contributed by atoms with E-state index < -0.39 is 0 Å². The van der Waals surface area contributed by atoms with E-state index in [1.54, 1.807) is 24.7 Å². The van der Waals surface area contributed by atoms with Gasteiger partial charge in [-0.1, -0.05) is 0 Å². The standard InChI is InChI=1S/C15H22N4O2/c1-9-10(2)19-8-12(15(21)18(5)6)11(7-17(3)4)13(20)14(19)16-9/h8,20H,7H2,1-6H3. The second-order valence-corrected chi connectivity index (χ2v) is 5.78. The second-order valence-electron chi connectivity index (χ2n) is 5.78. The zero-order valence-corrected chi connectivity index (χ0v) is 13.4. The molecule has 0 aromatic carbocycles. The number of rotatable bonds is 3. The highest BCUT2D eigenvalue weighted by Crippen LogP contribution is 2.29. The van der Waals surface area contributed by atoms with Crippen molar-refractivity contribution < 1.29 is 9.90 Å². The Hall–Kier alpha value is -2.08. The molecule has 1 N–H and O–H groups in total. The van der Waals surface area contributed by atoms with Gasteiger partial charge in [0.1, 0.15) is 0 Å². The first-order chi connectivity index (χ1) is 9.73. The summed E-state index contributed by atoms with van der Waals surface area (Å²) in [6.45, 7) is 4.29. The molecule has 0 radical (unpaired) electrons. The minimum absolute atomic E-state index is 0.0765. The lowest BCUT2D eigenvalue weighted by atomic mass is 10.1. The number of aromatic nitrogens is 2. The molecule has 0 bridgehead atoms. The van der Waals surface area contributed by atoms with E-state index in [0.717, 1.165) is 11.4 Å². The van der Waals surface area contributed by atoms with Crippen LogP contribution in [0.2, 0.25) is 0 Å². The summed E-state index contributed by atoms with van der Waals surface area (Å²) >= 11 is 0. The molecule has 0 fully saturated rings. The Bertz CT molecular complexity index is 701. The number of amides is 1. The average molecular weight is 290 g/mol. The number of aryl methyl sites for hydroxylation is 2. The van der Waals surface area contributed by atoms with Gasteiger partial charge in [0.05, 0.1) is 11.3 Å². The summed E-state index contributed by atoms with van der Waals surface area (Å²) in [5.74, 6) is -0.0533. The molecule has 0 saturated heterocycles. The van der Waals surface area contributed by atoms with Crippen molar-refractivity contribution >= 4 is 11.6 Å². The number of hydrogen-bond acceptors (Lipinski definition) is 4. The van der Waals surface area contributed by atoms with Gasteiger partial charge < -0.3 is 19.3 Å². The van der Waals surface area contributed by atoms with E-state index in [2.05, 4.69) is 4.98 Å². The van der Waals surface area contributed by atoms with E-state index in [4.69, 9.17) is 0 Å². The molecule has 0 atom stereocenters. The van der Waals surface area contributed by atoms with Crippen molar-refractivity contribution in [3.63, 3.8) is 0 Å². The largest absolute Gasteiger partial charge is 0.504 e. The number of carbonyl (C=O) groups excluding carboxylic acids is 1. The number of fused-ring (bicyclic) bond motifs is 1. The highest BCUT2D eigenvalue weighted by molar-refractivity contribution is 5.96.